The van der Waals surface area contributed by atoms with Crippen molar-refractivity contribution in [2.45, 2.75) is 26.8 Å². The molecule has 0 unspecified atom stereocenters. The summed E-state index contributed by atoms with van der Waals surface area (Å²) < 4.78 is 26.8. The summed E-state index contributed by atoms with van der Waals surface area (Å²) >= 11 is 0. The zero-order chi connectivity index (χ0) is 12.2. The van der Waals surface area contributed by atoms with E-state index in [0.29, 0.717) is 19.5 Å². The quantitative estimate of drug-likeness (QED) is 0.752. The van der Waals surface area contributed by atoms with Gasteiger partial charge in [0.1, 0.15) is 15.6 Å². The molecule has 1 rings (SSSR count). The summed E-state index contributed by atoms with van der Waals surface area (Å²) in [6.07, 6.45) is 1.88. The van der Waals surface area contributed by atoms with Gasteiger partial charge in [-0.25, -0.2) is 8.42 Å². The molecule has 0 aliphatic heterocycles. The molecule has 1 N–H and O–H groups in total. The van der Waals surface area contributed by atoms with E-state index in [4.69, 9.17) is 4.52 Å². The monoisotopic (exact) mass is 246 g/mol. The summed E-state index contributed by atoms with van der Waals surface area (Å²) in [5, 5.41) is 7.02. The second-order valence-electron chi connectivity index (χ2n) is 3.96. The van der Waals surface area contributed by atoms with Gasteiger partial charge in [-0.15, -0.1) is 0 Å². The van der Waals surface area contributed by atoms with Gasteiger partial charge in [-0.1, -0.05) is 5.16 Å². The maximum atomic E-state index is 10.9. The standard InChI is InChI=1S/C10H18N2O3S/c1-8-10(9(2)15-12-8)7-11-5-4-6-16(3,13)14/h11H,4-7H2,1-3H3. The van der Waals surface area contributed by atoms with Crippen LogP contribution in [0.3, 0.4) is 0 Å². The molecule has 0 radical (unpaired) electrons. The lowest BCUT2D eigenvalue weighted by molar-refractivity contribution is 0.392. The van der Waals surface area contributed by atoms with Gasteiger partial charge < -0.3 is 9.84 Å². The van der Waals surface area contributed by atoms with Crippen molar-refractivity contribution >= 4 is 9.84 Å². The topological polar surface area (TPSA) is 72.2 Å². The Hall–Kier alpha value is -0.880. The van der Waals surface area contributed by atoms with Crippen molar-refractivity contribution in [3.05, 3.63) is 17.0 Å². The second-order valence-corrected chi connectivity index (χ2v) is 6.22. The van der Waals surface area contributed by atoms with Crippen molar-refractivity contribution in [3.8, 4) is 0 Å². The second kappa shape index (κ2) is 5.45. The summed E-state index contributed by atoms with van der Waals surface area (Å²) in [6, 6.07) is 0. The minimum absolute atomic E-state index is 0.224. The van der Waals surface area contributed by atoms with Crippen molar-refractivity contribution in [1.82, 2.24) is 10.5 Å². The van der Waals surface area contributed by atoms with Crippen molar-refractivity contribution in [2.24, 2.45) is 0 Å². The van der Waals surface area contributed by atoms with Gasteiger partial charge in [0.15, 0.2) is 0 Å². The predicted molar refractivity (Wildman–Crippen MR) is 62.0 cm³/mol. The zero-order valence-electron chi connectivity index (χ0n) is 9.91. The van der Waals surface area contributed by atoms with E-state index in [1.54, 1.807) is 0 Å². The van der Waals surface area contributed by atoms with Crippen molar-refractivity contribution < 1.29 is 12.9 Å². The van der Waals surface area contributed by atoms with E-state index >= 15 is 0 Å². The first-order chi connectivity index (χ1) is 7.40. The molecule has 1 heterocycles. The first-order valence-corrected chi connectivity index (χ1v) is 7.26. The van der Waals surface area contributed by atoms with Crippen LogP contribution in [0.1, 0.15) is 23.4 Å². The van der Waals surface area contributed by atoms with Crippen molar-refractivity contribution in [2.75, 3.05) is 18.6 Å². The molecule has 0 aromatic carbocycles. The molecule has 5 nitrogen and oxygen atoms in total. The fourth-order valence-electron chi connectivity index (χ4n) is 1.43. The van der Waals surface area contributed by atoms with Crippen LogP contribution in [0.4, 0.5) is 0 Å². The van der Waals surface area contributed by atoms with Gasteiger partial charge >= 0.3 is 0 Å². The van der Waals surface area contributed by atoms with Crippen LogP contribution in [-0.4, -0.2) is 32.1 Å². The molecule has 16 heavy (non-hydrogen) atoms. The SMILES string of the molecule is Cc1noc(C)c1CNCCCS(C)(=O)=O. The molecule has 0 aliphatic rings. The summed E-state index contributed by atoms with van der Waals surface area (Å²) in [5.74, 6) is 1.04. The molecule has 92 valence electrons. The number of aromatic nitrogens is 1. The molecule has 6 heteroatoms. The minimum atomic E-state index is -2.85. The maximum absolute atomic E-state index is 10.9. The van der Waals surface area contributed by atoms with E-state index in [2.05, 4.69) is 10.5 Å². The predicted octanol–water partition coefficient (Wildman–Crippen LogP) is 0.816. The Kier molecular flexibility index (Phi) is 4.49. The van der Waals surface area contributed by atoms with Gasteiger partial charge in [0.25, 0.3) is 0 Å². The van der Waals surface area contributed by atoms with Crippen LogP contribution in [0.25, 0.3) is 0 Å². The highest BCUT2D eigenvalue weighted by molar-refractivity contribution is 7.90. The molecule has 0 saturated carbocycles. The van der Waals surface area contributed by atoms with E-state index in [0.717, 1.165) is 17.0 Å². The lowest BCUT2D eigenvalue weighted by atomic mass is 10.2. The third-order valence-corrected chi connectivity index (χ3v) is 3.38. The average molecular weight is 246 g/mol. The van der Waals surface area contributed by atoms with Crippen LogP contribution in [0.15, 0.2) is 4.52 Å². The van der Waals surface area contributed by atoms with Gasteiger partial charge in [-0.05, 0) is 26.8 Å². The van der Waals surface area contributed by atoms with E-state index in [-0.39, 0.29) is 5.75 Å². The van der Waals surface area contributed by atoms with E-state index in [9.17, 15) is 8.42 Å². The molecule has 0 bridgehead atoms. The number of nitrogens with one attached hydrogen (secondary N) is 1. The molecule has 1 aromatic rings. The lowest BCUT2D eigenvalue weighted by Gasteiger charge is -2.03. The van der Waals surface area contributed by atoms with Crippen LogP contribution in [0, 0.1) is 13.8 Å². The molecule has 0 saturated heterocycles. The summed E-state index contributed by atoms with van der Waals surface area (Å²) in [5.41, 5.74) is 1.94. The number of rotatable bonds is 6. The smallest absolute Gasteiger partial charge is 0.147 e. The van der Waals surface area contributed by atoms with Gasteiger partial charge in [0, 0.05) is 18.4 Å². The number of nitrogens with zero attached hydrogens (tertiary/aromatic N) is 1. The first kappa shape index (κ1) is 13.2. The third kappa shape index (κ3) is 4.32. The Labute approximate surface area is 96.1 Å². The Bertz CT molecular complexity index is 417. The Morgan fingerprint density at radius 1 is 1.38 bits per heavy atom. The normalized spacial score (nSPS) is 11.9. The number of sulfone groups is 1. The highest BCUT2D eigenvalue weighted by Gasteiger charge is 2.08. The fourth-order valence-corrected chi connectivity index (χ4v) is 2.10. The summed E-state index contributed by atoms with van der Waals surface area (Å²) in [6.45, 7) is 5.11. The van der Waals surface area contributed by atoms with E-state index < -0.39 is 9.84 Å². The molecule has 0 fully saturated rings. The highest BCUT2D eigenvalue weighted by Crippen LogP contribution is 2.11. The largest absolute Gasteiger partial charge is 0.361 e. The van der Waals surface area contributed by atoms with Crippen LogP contribution in [0.5, 0.6) is 0 Å². The minimum Gasteiger partial charge on any atom is -0.361 e. The average Bonchev–Trinajstić information content (AvgIpc) is 2.46. The third-order valence-electron chi connectivity index (χ3n) is 2.35. The number of aryl methyl sites for hydroxylation is 2. The zero-order valence-corrected chi connectivity index (χ0v) is 10.7. The van der Waals surface area contributed by atoms with Crippen molar-refractivity contribution in [1.29, 1.82) is 0 Å². The van der Waals surface area contributed by atoms with Gasteiger partial charge in [-0.3, -0.25) is 0 Å². The van der Waals surface area contributed by atoms with E-state index in [1.165, 1.54) is 6.26 Å². The molecule has 0 aliphatic carbocycles. The Morgan fingerprint density at radius 3 is 2.56 bits per heavy atom. The lowest BCUT2D eigenvalue weighted by Crippen LogP contribution is -2.18. The van der Waals surface area contributed by atoms with Gasteiger partial charge in [-0.2, -0.15) is 0 Å². The summed E-state index contributed by atoms with van der Waals surface area (Å²) in [4.78, 5) is 0. The van der Waals surface area contributed by atoms with Crippen molar-refractivity contribution in [3.63, 3.8) is 0 Å². The van der Waals surface area contributed by atoms with Gasteiger partial charge in [0.05, 0.1) is 11.4 Å². The fraction of sp³-hybridized carbons (Fsp3) is 0.700. The highest BCUT2D eigenvalue weighted by atomic mass is 32.2. The van der Waals surface area contributed by atoms with Crippen LogP contribution >= 0.6 is 0 Å². The number of hydrogen-bond acceptors (Lipinski definition) is 5. The number of hydrogen-bond donors (Lipinski definition) is 1. The molecule has 0 atom stereocenters. The van der Waals surface area contributed by atoms with Crippen LogP contribution < -0.4 is 5.32 Å². The Balaban J connectivity index is 2.27. The first-order valence-electron chi connectivity index (χ1n) is 5.20. The maximum Gasteiger partial charge on any atom is 0.147 e. The van der Waals surface area contributed by atoms with Gasteiger partial charge in [0.2, 0.25) is 0 Å². The molecule has 0 spiro atoms. The van der Waals surface area contributed by atoms with Crippen LogP contribution in [-0.2, 0) is 16.4 Å². The molecule has 1 aromatic heterocycles. The molecular formula is C10H18N2O3S. The van der Waals surface area contributed by atoms with Crippen LogP contribution in [0.2, 0.25) is 0 Å². The van der Waals surface area contributed by atoms with E-state index in [1.807, 2.05) is 13.8 Å². The molecule has 0 amide bonds. The Morgan fingerprint density at radius 2 is 2.06 bits per heavy atom. The molecular weight excluding hydrogens is 228 g/mol. The summed E-state index contributed by atoms with van der Waals surface area (Å²) in [7, 11) is -2.85.